The molecule has 2 nitrogen and oxygen atoms in total. The van der Waals surface area contributed by atoms with Crippen molar-refractivity contribution in [3.05, 3.63) is 35.9 Å². The molecular weight excluding hydrogens is 174 g/mol. The van der Waals surface area contributed by atoms with E-state index in [2.05, 4.69) is 18.3 Å². The summed E-state index contributed by atoms with van der Waals surface area (Å²) in [5, 5.41) is 2.73. The second-order valence-corrected chi connectivity index (χ2v) is 3.23. The van der Waals surface area contributed by atoms with Crippen molar-refractivity contribution in [1.29, 1.82) is 0 Å². The van der Waals surface area contributed by atoms with E-state index in [4.69, 9.17) is 0 Å². The zero-order valence-corrected chi connectivity index (χ0v) is 8.79. The minimum atomic E-state index is -0.0412. The van der Waals surface area contributed by atoms with Crippen molar-refractivity contribution >= 4 is 17.2 Å². The summed E-state index contributed by atoms with van der Waals surface area (Å²) in [6, 6.07) is 7.81. The second kappa shape index (κ2) is 4.61. The third kappa shape index (κ3) is 2.73. The van der Waals surface area contributed by atoms with Gasteiger partial charge in [-0.2, -0.15) is 0 Å². The molecule has 1 aromatic rings. The van der Waals surface area contributed by atoms with Gasteiger partial charge in [0.15, 0.2) is 0 Å². The summed E-state index contributed by atoms with van der Waals surface area (Å²) in [5.74, 6) is -0.0412. The summed E-state index contributed by atoms with van der Waals surface area (Å²) in [6.07, 6.45) is 2.06. The fourth-order valence-corrected chi connectivity index (χ4v) is 1.19. The summed E-state index contributed by atoms with van der Waals surface area (Å²) in [4.78, 5) is 10.8. The quantitative estimate of drug-likeness (QED) is 0.761. The number of amides is 1. The third-order valence-electron chi connectivity index (χ3n) is 2.09. The van der Waals surface area contributed by atoms with Crippen LogP contribution in [0.5, 0.6) is 0 Å². The molecule has 0 bridgehead atoms. The highest BCUT2D eigenvalue weighted by molar-refractivity contribution is 5.88. The first-order chi connectivity index (χ1) is 6.63. The number of anilines is 1. The Bertz CT molecular complexity index is 349. The number of rotatable bonds is 2. The lowest BCUT2D eigenvalue weighted by Gasteiger charge is -2.04. The lowest BCUT2D eigenvalue weighted by molar-refractivity contribution is -0.114. The Morgan fingerprint density at radius 2 is 1.79 bits per heavy atom. The summed E-state index contributed by atoms with van der Waals surface area (Å²) >= 11 is 0. The van der Waals surface area contributed by atoms with Crippen LogP contribution in [0.25, 0.3) is 5.57 Å². The Balaban J connectivity index is 2.83. The van der Waals surface area contributed by atoms with Crippen molar-refractivity contribution in [3.63, 3.8) is 0 Å². The fourth-order valence-electron chi connectivity index (χ4n) is 1.19. The molecule has 1 N–H and O–H groups in total. The maximum absolute atomic E-state index is 10.8. The standard InChI is InChI=1S/C12H15NO/c1-4-9(2)11-5-7-12(8-6-11)13-10(3)14/h4-8H,1-3H3,(H,13,14)/b9-4-. The molecule has 2 heteroatoms. The minimum Gasteiger partial charge on any atom is -0.326 e. The van der Waals surface area contributed by atoms with Crippen molar-refractivity contribution in [2.75, 3.05) is 5.32 Å². The molecule has 0 aromatic heterocycles. The molecular formula is C12H15NO. The molecule has 0 fully saturated rings. The van der Waals surface area contributed by atoms with Gasteiger partial charge in [0.1, 0.15) is 0 Å². The van der Waals surface area contributed by atoms with Crippen LogP contribution in [0.15, 0.2) is 30.3 Å². The van der Waals surface area contributed by atoms with Crippen LogP contribution < -0.4 is 5.32 Å². The highest BCUT2D eigenvalue weighted by atomic mass is 16.1. The van der Waals surface area contributed by atoms with Crippen LogP contribution in [0.3, 0.4) is 0 Å². The molecule has 0 saturated carbocycles. The number of carbonyl (C=O) groups excluding carboxylic acids is 1. The minimum absolute atomic E-state index is 0.0412. The number of hydrogen-bond acceptors (Lipinski definition) is 1. The first-order valence-electron chi connectivity index (χ1n) is 4.64. The van der Waals surface area contributed by atoms with Gasteiger partial charge < -0.3 is 5.32 Å². The zero-order chi connectivity index (χ0) is 10.6. The SMILES string of the molecule is C/C=C(/C)c1ccc(NC(C)=O)cc1. The Morgan fingerprint density at radius 3 is 2.21 bits per heavy atom. The van der Waals surface area contributed by atoms with Crippen molar-refractivity contribution < 1.29 is 4.79 Å². The van der Waals surface area contributed by atoms with Crippen molar-refractivity contribution in [1.82, 2.24) is 0 Å². The van der Waals surface area contributed by atoms with Gasteiger partial charge in [0.05, 0.1) is 0 Å². The molecule has 1 amide bonds. The molecule has 0 heterocycles. The van der Waals surface area contributed by atoms with E-state index in [9.17, 15) is 4.79 Å². The van der Waals surface area contributed by atoms with E-state index in [-0.39, 0.29) is 5.91 Å². The molecule has 0 atom stereocenters. The average Bonchev–Trinajstić information content (AvgIpc) is 2.17. The van der Waals surface area contributed by atoms with Gasteiger partial charge in [0.25, 0.3) is 0 Å². The molecule has 0 radical (unpaired) electrons. The lowest BCUT2D eigenvalue weighted by atomic mass is 10.1. The van der Waals surface area contributed by atoms with Gasteiger partial charge in [-0.25, -0.2) is 0 Å². The average molecular weight is 189 g/mol. The Labute approximate surface area is 84.6 Å². The van der Waals surface area contributed by atoms with E-state index in [1.54, 1.807) is 0 Å². The van der Waals surface area contributed by atoms with Crippen LogP contribution in [-0.4, -0.2) is 5.91 Å². The summed E-state index contributed by atoms with van der Waals surface area (Å²) in [5.41, 5.74) is 3.26. The first-order valence-corrected chi connectivity index (χ1v) is 4.64. The summed E-state index contributed by atoms with van der Waals surface area (Å²) in [7, 11) is 0. The van der Waals surface area contributed by atoms with Gasteiger partial charge in [-0.05, 0) is 37.1 Å². The molecule has 0 aliphatic heterocycles. The molecule has 0 unspecified atom stereocenters. The smallest absolute Gasteiger partial charge is 0.221 e. The van der Waals surface area contributed by atoms with Gasteiger partial charge in [-0.1, -0.05) is 18.2 Å². The Morgan fingerprint density at radius 1 is 1.21 bits per heavy atom. The predicted molar refractivity (Wildman–Crippen MR) is 60.1 cm³/mol. The van der Waals surface area contributed by atoms with Crippen LogP contribution in [0.2, 0.25) is 0 Å². The van der Waals surface area contributed by atoms with E-state index >= 15 is 0 Å². The van der Waals surface area contributed by atoms with Gasteiger partial charge in [0, 0.05) is 12.6 Å². The predicted octanol–water partition coefficient (Wildman–Crippen LogP) is 3.07. The van der Waals surface area contributed by atoms with Crippen LogP contribution >= 0.6 is 0 Å². The van der Waals surface area contributed by atoms with Crippen molar-refractivity contribution in [2.45, 2.75) is 20.8 Å². The zero-order valence-electron chi connectivity index (χ0n) is 8.79. The van der Waals surface area contributed by atoms with Crippen LogP contribution in [-0.2, 0) is 4.79 Å². The topological polar surface area (TPSA) is 29.1 Å². The van der Waals surface area contributed by atoms with E-state index in [1.165, 1.54) is 18.1 Å². The third-order valence-corrected chi connectivity index (χ3v) is 2.09. The highest BCUT2D eigenvalue weighted by Crippen LogP contribution is 2.16. The number of nitrogens with one attached hydrogen (secondary N) is 1. The van der Waals surface area contributed by atoms with Gasteiger partial charge >= 0.3 is 0 Å². The largest absolute Gasteiger partial charge is 0.326 e. The highest BCUT2D eigenvalue weighted by Gasteiger charge is 1.96. The monoisotopic (exact) mass is 189 g/mol. The molecule has 0 saturated heterocycles. The normalized spacial score (nSPS) is 11.2. The number of allylic oxidation sites excluding steroid dienone is 2. The van der Waals surface area contributed by atoms with Gasteiger partial charge in [-0.15, -0.1) is 0 Å². The van der Waals surface area contributed by atoms with Crippen molar-refractivity contribution in [3.8, 4) is 0 Å². The maximum Gasteiger partial charge on any atom is 0.221 e. The summed E-state index contributed by atoms with van der Waals surface area (Å²) < 4.78 is 0. The maximum atomic E-state index is 10.8. The van der Waals surface area contributed by atoms with E-state index in [1.807, 2.05) is 31.2 Å². The van der Waals surface area contributed by atoms with Crippen LogP contribution in [0.4, 0.5) is 5.69 Å². The summed E-state index contributed by atoms with van der Waals surface area (Å²) in [6.45, 7) is 5.58. The first kappa shape index (κ1) is 10.5. The van der Waals surface area contributed by atoms with E-state index in [0.717, 1.165) is 5.69 Å². The molecule has 0 spiro atoms. The number of benzene rings is 1. The number of carbonyl (C=O) groups is 1. The van der Waals surface area contributed by atoms with Gasteiger partial charge in [-0.3, -0.25) is 4.79 Å². The second-order valence-electron chi connectivity index (χ2n) is 3.23. The molecule has 1 rings (SSSR count). The van der Waals surface area contributed by atoms with Crippen molar-refractivity contribution in [2.24, 2.45) is 0 Å². The fraction of sp³-hybridized carbons (Fsp3) is 0.250. The molecule has 14 heavy (non-hydrogen) atoms. The lowest BCUT2D eigenvalue weighted by Crippen LogP contribution is -2.05. The molecule has 0 aliphatic rings. The molecule has 1 aromatic carbocycles. The molecule has 0 aliphatic carbocycles. The van der Waals surface area contributed by atoms with Crippen LogP contribution in [0.1, 0.15) is 26.3 Å². The van der Waals surface area contributed by atoms with E-state index in [0.29, 0.717) is 0 Å². The van der Waals surface area contributed by atoms with Crippen LogP contribution in [0, 0.1) is 0 Å². The Hall–Kier alpha value is -1.57. The van der Waals surface area contributed by atoms with Gasteiger partial charge in [0.2, 0.25) is 5.91 Å². The molecule has 74 valence electrons. The van der Waals surface area contributed by atoms with E-state index < -0.39 is 0 Å². The number of hydrogen-bond donors (Lipinski definition) is 1. The Kier molecular flexibility index (Phi) is 3.46.